The number of nitrogens with two attached hydrogens (primary N) is 1. The lowest BCUT2D eigenvalue weighted by molar-refractivity contribution is -0.153. The van der Waals surface area contributed by atoms with Crippen LogP contribution in [-0.4, -0.2) is 75.5 Å². The van der Waals surface area contributed by atoms with Gasteiger partial charge in [-0.3, -0.25) is 24.0 Å². The van der Waals surface area contributed by atoms with E-state index in [1.165, 1.54) is 17.9 Å². The van der Waals surface area contributed by atoms with Gasteiger partial charge in [-0.1, -0.05) is 11.6 Å². The lowest BCUT2D eigenvalue weighted by Crippen LogP contribution is -2.57. The lowest BCUT2D eigenvalue weighted by Gasteiger charge is -2.44. The number of carbonyl (C=O) groups excluding carboxylic acids is 5. The van der Waals surface area contributed by atoms with Crippen molar-refractivity contribution in [3.8, 4) is 5.75 Å². The molecule has 11 heteroatoms. The van der Waals surface area contributed by atoms with E-state index in [1.54, 1.807) is 14.1 Å². The number of hydrogen-bond acceptors (Lipinski definition) is 9. The topological polar surface area (TPSA) is 175 Å². The van der Waals surface area contributed by atoms with E-state index in [4.69, 9.17) is 17.3 Å². The van der Waals surface area contributed by atoms with Crippen LogP contribution >= 0.6 is 11.6 Å². The molecular formula is C22H25ClN2O8. The smallest absolute Gasteiger partial charge is 0.265 e. The quantitative estimate of drug-likeness (QED) is 0.323. The first-order valence-corrected chi connectivity index (χ1v) is 10.7. The number of carbonyl (C=O) groups is 5. The Bertz CT molecular complexity index is 1070. The Morgan fingerprint density at radius 2 is 1.73 bits per heavy atom. The van der Waals surface area contributed by atoms with E-state index in [9.17, 15) is 39.3 Å². The van der Waals surface area contributed by atoms with Crippen molar-refractivity contribution in [2.24, 2.45) is 23.5 Å². The number of aliphatic hydroxyl groups is 2. The molecular weight excluding hydrogens is 456 g/mol. The molecule has 33 heavy (non-hydrogen) atoms. The Morgan fingerprint density at radius 3 is 2.27 bits per heavy atom. The highest BCUT2D eigenvalue weighted by Crippen LogP contribution is 2.50. The van der Waals surface area contributed by atoms with Crippen LogP contribution in [0.15, 0.2) is 12.1 Å². The average Bonchev–Trinajstić information content (AvgIpc) is 2.71. The minimum absolute atomic E-state index is 0.0236. The maximum Gasteiger partial charge on any atom is 0.265 e. The number of phenolic OH excluding ortho intramolecular Hbond substituents is 1. The third kappa shape index (κ3) is 3.86. The maximum atomic E-state index is 13.4. The number of Topliss-reactive ketones (excluding diaryl/α,β-unsaturated/α-hetero) is 4. The molecule has 1 saturated carbocycles. The molecule has 0 bridgehead atoms. The van der Waals surface area contributed by atoms with Gasteiger partial charge in [-0.2, -0.15) is 0 Å². The minimum atomic E-state index is -1.99. The molecule has 4 unspecified atom stereocenters. The summed E-state index contributed by atoms with van der Waals surface area (Å²) in [4.78, 5) is 65.6. The summed E-state index contributed by atoms with van der Waals surface area (Å²) in [7, 11) is 3.14. The maximum absolute atomic E-state index is 13.4. The molecule has 1 aromatic rings. The van der Waals surface area contributed by atoms with Crippen LogP contribution in [0.5, 0.6) is 5.75 Å². The van der Waals surface area contributed by atoms with Crippen LogP contribution in [0.1, 0.15) is 35.7 Å². The zero-order valence-corrected chi connectivity index (χ0v) is 19.0. The van der Waals surface area contributed by atoms with E-state index >= 15 is 0 Å². The highest BCUT2D eigenvalue weighted by atomic mass is 35.5. The fourth-order valence-electron chi connectivity index (χ4n) is 5.07. The van der Waals surface area contributed by atoms with Crippen LogP contribution < -0.4 is 5.73 Å². The molecule has 0 aromatic heterocycles. The van der Waals surface area contributed by atoms with E-state index in [0.717, 1.165) is 6.07 Å². The fourth-order valence-corrected chi connectivity index (χ4v) is 5.42. The van der Waals surface area contributed by atoms with Crippen molar-refractivity contribution in [1.82, 2.24) is 4.90 Å². The van der Waals surface area contributed by atoms with Gasteiger partial charge in [0.1, 0.15) is 11.7 Å². The number of primary amides is 1. The van der Waals surface area contributed by atoms with Gasteiger partial charge >= 0.3 is 0 Å². The number of likely N-dealkylation sites (N-methyl/N-ethyl adjacent to an activating group) is 1. The molecule has 6 atom stereocenters. The molecule has 2 aliphatic rings. The van der Waals surface area contributed by atoms with Crippen LogP contribution in [0.4, 0.5) is 0 Å². The predicted octanol–water partition coefficient (Wildman–Crippen LogP) is -0.424. The molecule has 0 aliphatic heterocycles. The van der Waals surface area contributed by atoms with E-state index < -0.39 is 75.9 Å². The van der Waals surface area contributed by atoms with Crippen LogP contribution in [0, 0.1) is 17.8 Å². The summed E-state index contributed by atoms with van der Waals surface area (Å²) in [6.45, 7) is 1.31. The van der Waals surface area contributed by atoms with Gasteiger partial charge in [-0.15, -0.1) is 0 Å². The van der Waals surface area contributed by atoms with E-state index in [1.807, 2.05) is 0 Å². The number of amides is 1. The third-order valence-corrected chi connectivity index (χ3v) is 7.10. The van der Waals surface area contributed by atoms with Gasteiger partial charge in [0, 0.05) is 22.5 Å². The molecule has 10 nitrogen and oxygen atoms in total. The highest BCUT2D eigenvalue weighted by molar-refractivity contribution is 6.67. The first-order chi connectivity index (χ1) is 15.2. The molecule has 3 rings (SSSR count). The van der Waals surface area contributed by atoms with E-state index in [2.05, 4.69) is 0 Å². The number of fused-ring (bicyclic) bond motifs is 2. The Hall–Kier alpha value is -2.66. The van der Waals surface area contributed by atoms with Crippen molar-refractivity contribution in [3.63, 3.8) is 0 Å². The first kappa shape index (κ1) is 25.0. The standard InChI is InChI=1S/C22H25ClN2O8/c1-22(33)8-4-6-10(25(2)3)16(27)14(21(24)32)19(30)20(31)18(29)12(8)17(28)13-11(26)7-5-9(23)15(13)22/h5,7-8,10,12,14,16,26-27,33H,4,6H2,1-3H3,(H2,24,32)/t8?,10-,12?,14?,16?,22+/m1/s1. The number of halogens is 1. The number of ketones is 4. The van der Waals surface area contributed by atoms with Crippen molar-refractivity contribution < 1.29 is 39.3 Å². The van der Waals surface area contributed by atoms with Crippen molar-refractivity contribution >= 4 is 40.6 Å². The van der Waals surface area contributed by atoms with Gasteiger partial charge < -0.3 is 26.0 Å². The van der Waals surface area contributed by atoms with Crippen molar-refractivity contribution in [2.45, 2.75) is 37.5 Å². The monoisotopic (exact) mass is 480 g/mol. The van der Waals surface area contributed by atoms with Crippen LogP contribution in [0.2, 0.25) is 5.02 Å². The molecule has 0 saturated heterocycles. The average molecular weight is 481 g/mol. The van der Waals surface area contributed by atoms with Crippen LogP contribution in [0.3, 0.4) is 0 Å². The molecule has 0 radical (unpaired) electrons. The van der Waals surface area contributed by atoms with Gasteiger partial charge in [0.15, 0.2) is 5.78 Å². The lowest BCUT2D eigenvalue weighted by atomic mass is 9.61. The highest BCUT2D eigenvalue weighted by Gasteiger charge is 2.56. The molecule has 0 heterocycles. The summed E-state index contributed by atoms with van der Waals surface area (Å²) in [6.07, 6.45) is -1.74. The normalized spacial score (nSPS) is 33.0. The minimum Gasteiger partial charge on any atom is -0.507 e. The zero-order chi connectivity index (χ0) is 25.0. The van der Waals surface area contributed by atoms with Gasteiger partial charge in [0.2, 0.25) is 17.5 Å². The SMILES string of the molecule is CN(C)[C@@H]1CCC2C(C(=O)C(=O)C(=O)C(C(N)=O)C1O)C(=O)c1c(O)ccc(Cl)c1[C@@]2(C)O. The summed E-state index contributed by atoms with van der Waals surface area (Å²) in [5, 5.41) is 32.5. The van der Waals surface area contributed by atoms with Gasteiger partial charge in [-0.05, 0) is 46.0 Å². The first-order valence-electron chi connectivity index (χ1n) is 10.3. The number of aliphatic hydroxyl groups excluding tert-OH is 1. The number of hydrogen-bond donors (Lipinski definition) is 4. The van der Waals surface area contributed by atoms with Gasteiger partial charge in [0.05, 0.1) is 23.2 Å². The summed E-state index contributed by atoms with van der Waals surface area (Å²) in [5.74, 6) is -12.4. The summed E-state index contributed by atoms with van der Waals surface area (Å²) in [5.41, 5.74) is 2.83. The van der Waals surface area contributed by atoms with E-state index in [-0.39, 0.29) is 23.4 Å². The molecule has 5 N–H and O–H groups in total. The van der Waals surface area contributed by atoms with Gasteiger partial charge in [0.25, 0.3) is 5.78 Å². The van der Waals surface area contributed by atoms with Gasteiger partial charge in [-0.25, -0.2) is 0 Å². The van der Waals surface area contributed by atoms with Crippen molar-refractivity contribution in [3.05, 3.63) is 28.3 Å². The Balaban J connectivity index is 2.25. The summed E-state index contributed by atoms with van der Waals surface area (Å²) < 4.78 is 0. The number of benzene rings is 1. The Morgan fingerprint density at radius 1 is 1.12 bits per heavy atom. The Kier molecular flexibility index (Phi) is 6.51. The number of nitrogens with zero attached hydrogens (tertiary/aromatic N) is 1. The number of aromatic hydroxyl groups is 1. The molecule has 1 fully saturated rings. The second kappa shape index (κ2) is 8.60. The molecule has 0 spiro atoms. The number of rotatable bonds is 2. The Labute approximate surface area is 194 Å². The molecule has 1 amide bonds. The molecule has 178 valence electrons. The molecule has 2 aliphatic carbocycles. The molecule has 1 aromatic carbocycles. The zero-order valence-electron chi connectivity index (χ0n) is 18.2. The van der Waals surface area contributed by atoms with Crippen LogP contribution in [0.25, 0.3) is 0 Å². The fraction of sp³-hybridized carbons (Fsp3) is 0.500. The predicted molar refractivity (Wildman–Crippen MR) is 114 cm³/mol. The largest absolute Gasteiger partial charge is 0.507 e. The second-order valence-corrected chi connectivity index (χ2v) is 9.36. The van der Waals surface area contributed by atoms with Crippen LogP contribution in [-0.2, 0) is 24.8 Å². The summed E-state index contributed by atoms with van der Waals surface area (Å²) >= 11 is 6.24. The third-order valence-electron chi connectivity index (χ3n) is 6.78. The van der Waals surface area contributed by atoms with E-state index in [0.29, 0.717) is 0 Å². The second-order valence-electron chi connectivity index (χ2n) is 8.95. The summed E-state index contributed by atoms with van der Waals surface area (Å²) in [6, 6.07) is 1.53. The van der Waals surface area contributed by atoms with Crippen molar-refractivity contribution in [2.75, 3.05) is 14.1 Å². The number of phenols is 1. The van der Waals surface area contributed by atoms with Crippen molar-refractivity contribution in [1.29, 1.82) is 0 Å².